The Bertz CT molecular complexity index is 2480. The third kappa shape index (κ3) is 8.39. The number of nitrogens with two attached hydrogens (primary N) is 1. The molecule has 1 aromatic carbocycles. The number of anilines is 4. The van der Waals surface area contributed by atoms with Crippen LogP contribution >= 0.6 is 0 Å². The van der Waals surface area contributed by atoms with E-state index in [4.69, 9.17) is 5.73 Å². The van der Waals surface area contributed by atoms with Crippen LogP contribution in [-0.4, -0.2) is 73.2 Å². The number of nitrogen functional groups attached to an aromatic ring is 1. The van der Waals surface area contributed by atoms with Gasteiger partial charge in [0, 0.05) is 34.9 Å². The topological polar surface area (TPSA) is 274 Å². The molecule has 2 aliphatic carbocycles. The van der Waals surface area contributed by atoms with Gasteiger partial charge in [-0.05, 0) is 81.2 Å². The van der Waals surface area contributed by atoms with Crippen LogP contribution in [0.2, 0.25) is 0 Å². The molecule has 1 spiro atoms. The van der Waals surface area contributed by atoms with Gasteiger partial charge in [0.25, 0.3) is 11.8 Å². The largest absolute Gasteiger partial charge is 1.00 e. The summed E-state index contributed by atoms with van der Waals surface area (Å²) in [6.45, 7) is 8.28. The first-order valence-electron chi connectivity index (χ1n) is 19.9. The number of pyridine rings is 1. The Hall–Kier alpha value is -6.17. The first-order valence-corrected chi connectivity index (χ1v) is 19.9. The van der Waals surface area contributed by atoms with Crippen molar-refractivity contribution >= 4 is 70.8 Å². The van der Waals surface area contributed by atoms with Crippen LogP contribution in [0.4, 0.5) is 23.0 Å². The van der Waals surface area contributed by atoms with Gasteiger partial charge in [-0.25, -0.2) is 22.1 Å². The van der Waals surface area contributed by atoms with Crippen LogP contribution in [0.1, 0.15) is 105 Å². The van der Waals surface area contributed by atoms with Crippen LogP contribution in [0.5, 0.6) is 0 Å². The van der Waals surface area contributed by atoms with E-state index in [-0.39, 0.29) is 67.1 Å². The second-order valence-corrected chi connectivity index (χ2v) is 17.7. The molecule has 4 aliphatic rings. The van der Waals surface area contributed by atoms with Gasteiger partial charge < -0.3 is 26.3 Å². The van der Waals surface area contributed by atoms with Crippen molar-refractivity contribution in [3.8, 4) is 0 Å². The molecule has 7 rings (SSSR count). The van der Waals surface area contributed by atoms with E-state index in [1.165, 1.54) is 41.2 Å². The number of hydrogen-bond acceptors (Lipinski definition) is 13. The number of amides is 8. The molecule has 8 amide bonds. The van der Waals surface area contributed by atoms with Gasteiger partial charge in [-0.2, -0.15) is 0 Å². The Labute approximate surface area is 368 Å². The Balaban J connectivity index is 0.00000641. The number of fused-ring (bicyclic) bond motifs is 1. The van der Waals surface area contributed by atoms with Crippen molar-refractivity contribution in [2.75, 3.05) is 16.4 Å². The van der Waals surface area contributed by atoms with E-state index < -0.39 is 80.8 Å². The summed E-state index contributed by atoms with van der Waals surface area (Å²) in [6, 6.07) is 9.13. The molecule has 2 aromatic heterocycles. The number of benzene rings is 1. The Morgan fingerprint density at radius 1 is 0.968 bits per heavy atom. The summed E-state index contributed by atoms with van der Waals surface area (Å²) in [6.07, 6.45) is 4.00. The van der Waals surface area contributed by atoms with Gasteiger partial charge in [0.05, 0.1) is 11.1 Å². The van der Waals surface area contributed by atoms with Gasteiger partial charge in [-0.1, -0.05) is 33.4 Å². The zero-order chi connectivity index (χ0) is 44.2. The molecule has 62 heavy (non-hydrogen) atoms. The maximum Gasteiger partial charge on any atom is 1.00 e. The second kappa shape index (κ2) is 16.6. The molecule has 19 nitrogen and oxygen atoms in total. The van der Waals surface area contributed by atoms with Crippen LogP contribution in [0.25, 0.3) is 0 Å². The summed E-state index contributed by atoms with van der Waals surface area (Å²) in [7, 11) is 0. The van der Waals surface area contributed by atoms with E-state index in [0.29, 0.717) is 50.0 Å². The zero-order valence-electron chi connectivity index (χ0n) is 34.7. The minimum Gasteiger partial charge on any atom is -0.413 e. The molecule has 3 aromatic rings. The number of aromatic nitrogens is 3. The van der Waals surface area contributed by atoms with Gasteiger partial charge in [0.2, 0.25) is 35.9 Å². The molecule has 2 aliphatic heterocycles. The smallest absolute Gasteiger partial charge is 0.413 e. The van der Waals surface area contributed by atoms with E-state index in [0.717, 1.165) is 4.90 Å². The van der Waals surface area contributed by atoms with Crippen molar-refractivity contribution in [1.29, 1.82) is 0 Å². The van der Waals surface area contributed by atoms with Crippen molar-refractivity contribution < 1.29 is 57.8 Å². The first-order chi connectivity index (χ1) is 28.7. The van der Waals surface area contributed by atoms with Crippen molar-refractivity contribution in [2.45, 2.75) is 97.7 Å². The maximum atomic E-state index is 13.9. The molecule has 327 valence electrons. The normalized spacial score (nSPS) is 23.1. The van der Waals surface area contributed by atoms with E-state index in [2.05, 4.69) is 42.6 Å². The van der Waals surface area contributed by atoms with Crippen molar-refractivity contribution in [3.63, 3.8) is 0 Å². The summed E-state index contributed by atoms with van der Waals surface area (Å²) >= 11 is 0. The van der Waals surface area contributed by atoms with Gasteiger partial charge in [-0.15, -0.1) is 0 Å². The molecule has 20 heteroatoms. The molecule has 1 saturated heterocycles. The average molecular weight is 937 g/mol. The predicted octanol–water partition coefficient (Wildman–Crippen LogP) is 2.17. The van der Waals surface area contributed by atoms with Crippen LogP contribution in [0, 0.1) is 35.2 Å². The van der Waals surface area contributed by atoms with Gasteiger partial charge in [0.15, 0.2) is 5.56 Å². The van der Waals surface area contributed by atoms with Crippen LogP contribution < -0.4 is 37.9 Å². The van der Waals surface area contributed by atoms with E-state index >= 15 is 0 Å². The third-order valence-electron chi connectivity index (χ3n) is 12.5. The summed E-state index contributed by atoms with van der Waals surface area (Å²) in [5.41, 5.74) is 2.42. The number of hydrogen-bond donors (Lipinski definition) is 6. The molecule has 2 unspecified atom stereocenters. The van der Waals surface area contributed by atoms with Gasteiger partial charge >= 0.3 is 19.5 Å². The van der Waals surface area contributed by atoms with Crippen molar-refractivity contribution in [2.24, 2.45) is 22.2 Å². The monoisotopic (exact) mass is 937 g/mol. The van der Waals surface area contributed by atoms with Crippen molar-refractivity contribution in [3.05, 3.63) is 69.9 Å². The fourth-order valence-electron chi connectivity index (χ4n) is 9.22. The molecule has 2 saturated carbocycles. The first kappa shape index (κ1) is 45.4. The van der Waals surface area contributed by atoms with E-state index in [9.17, 15) is 43.2 Å². The maximum absolute atomic E-state index is 13.9. The summed E-state index contributed by atoms with van der Waals surface area (Å²) in [4.78, 5) is 126. The van der Waals surface area contributed by atoms with Crippen molar-refractivity contribution in [1.82, 2.24) is 35.4 Å². The molecule has 0 bridgehead atoms. The number of nitrogens with one attached hydrogen (secondary N) is 5. The molecule has 1 radical (unpaired) electrons. The number of carbonyl (C=O) groups excluding carboxylic acids is 8. The quantitative estimate of drug-likeness (QED) is 0.0659. The molecular formula is C42H47N10O9Ru. The number of rotatable bonds is 12. The zero-order valence-corrected chi connectivity index (χ0v) is 36.5. The standard InChI is InChI=1S/C42H47N10O9.Ru/c1-22-6-9-27(48-30-17-29(43)44-20-45-30)36(59)52(22)42(46-21-53)14-12-41(13-15-42)18-26(41)32(55)50-38(61)40(4,5)19-39(2,3)37(60)47-23-7-8-24-25(16-23)35(58)51(34(24)57)28-10-11-31(54)49-33(28)56;/h7-9,16-17,20-21,26,28H,10-15,18-19H2,1-5H3,(H,46,53)(H,47,60)(H,49,54,56)(H,50,55,61)(H3,43,44,45,48);/q-1;+1. The molecular weight excluding hydrogens is 890 g/mol. The molecule has 4 heterocycles. The van der Waals surface area contributed by atoms with E-state index in [1.54, 1.807) is 34.6 Å². The van der Waals surface area contributed by atoms with Crippen LogP contribution in [0.15, 0.2) is 41.5 Å². The average Bonchev–Trinajstić information content (AvgIpc) is 3.85. The number of nitrogens with zero attached hydrogens (tertiary/aromatic N) is 4. The van der Waals surface area contributed by atoms with Gasteiger partial charge in [0.1, 0.15) is 29.7 Å². The fraction of sp³-hybridized carbons (Fsp3) is 0.452. The third-order valence-corrected chi connectivity index (χ3v) is 12.5. The predicted molar refractivity (Wildman–Crippen MR) is 217 cm³/mol. The minimum absolute atomic E-state index is 0. The van der Waals surface area contributed by atoms with Crippen LogP contribution in [0.3, 0.4) is 0 Å². The van der Waals surface area contributed by atoms with Crippen LogP contribution in [-0.2, 0) is 53.9 Å². The molecule has 3 fully saturated rings. The summed E-state index contributed by atoms with van der Waals surface area (Å²) in [5.74, 6) is -4.05. The second-order valence-electron chi connectivity index (χ2n) is 17.7. The number of aryl methyl sites for hydroxylation is 1. The number of imide groups is 3. The SMILES string of the molecule is Cc1[c-]cc(Nc2cc(N)ncn2)c(=O)n1C1(NC=O)CCC2(CC1)CC2C(=O)NC(=O)C(C)(C)CC(C)(C)C(=O)Nc1ccc2c(c1)C(=O)N(C1CCC(=O)NC1=O)C2=O.[Ru+]. The Kier molecular flexibility index (Phi) is 12.1. The Morgan fingerprint density at radius 2 is 1.65 bits per heavy atom. The minimum atomic E-state index is -1.19. The molecule has 2 atom stereocenters. The number of carbonyl (C=O) groups is 8. The molecule has 7 N–H and O–H groups in total. The van der Waals surface area contributed by atoms with Gasteiger partial charge in [-0.3, -0.25) is 58.7 Å². The summed E-state index contributed by atoms with van der Waals surface area (Å²) < 4.78 is 1.50. The summed E-state index contributed by atoms with van der Waals surface area (Å²) in [5, 5.41) is 13.3. The Morgan fingerprint density at radius 3 is 2.31 bits per heavy atom. The van der Waals surface area contributed by atoms with E-state index in [1.807, 2.05) is 0 Å². The number of piperidine rings is 1. The fourth-order valence-corrected chi connectivity index (χ4v) is 9.22.